The fourth-order valence-electron chi connectivity index (χ4n) is 11.9. The van der Waals surface area contributed by atoms with E-state index in [4.69, 9.17) is 0 Å². The van der Waals surface area contributed by atoms with Gasteiger partial charge < -0.3 is 9.80 Å². The molecule has 0 unspecified atom stereocenters. The number of para-hydroxylation sites is 2. The fourth-order valence-corrected chi connectivity index (χ4v) is 14.2. The Bertz CT molecular complexity index is 3510. The van der Waals surface area contributed by atoms with E-state index in [9.17, 15) is 0 Å². The SMILES string of the molecule is CC1(C)c2ccccc2-c2ccc(N(c3ccccc3)c3ccc4c(c3)Sc3ccc5c6c(ccc-4c36)-c3ccc(N(c4ccccc4)c4ccc6c(c4)C(C)(C)c4ccccc4-6)cc3S5)cc21. The highest BCUT2D eigenvalue weighted by Crippen LogP contribution is 2.58. The maximum absolute atomic E-state index is 2.43. The van der Waals surface area contributed by atoms with Crippen molar-refractivity contribution in [3.05, 3.63) is 229 Å². The summed E-state index contributed by atoms with van der Waals surface area (Å²) in [6.07, 6.45) is 0. The van der Waals surface area contributed by atoms with Gasteiger partial charge in [0, 0.05) is 75.3 Å². The van der Waals surface area contributed by atoms with Crippen LogP contribution in [0.15, 0.2) is 226 Å². The molecule has 0 bridgehead atoms. The quantitative estimate of drug-likeness (QED) is 0.164. The van der Waals surface area contributed by atoms with Crippen molar-refractivity contribution < 1.29 is 0 Å². The summed E-state index contributed by atoms with van der Waals surface area (Å²) >= 11 is 3.81. The first-order valence-electron chi connectivity index (χ1n) is 23.7. The molecule has 14 rings (SSSR count). The van der Waals surface area contributed by atoms with Gasteiger partial charge in [-0.2, -0.15) is 0 Å². The van der Waals surface area contributed by atoms with Crippen molar-refractivity contribution in [3.8, 4) is 44.5 Å². The number of rotatable bonds is 6. The fraction of sp³-hybridized carbons (Fsp3) is 0.0938. The van der Waals surface area contributed by atoms with E-state index in [1.165, 1.54) is 108 Å². The number of fused-ring (bicyclic) bond motifs is 10. The Kier molecular flexibility index (Phi) is 8.58. The van der Waals surface area contributed by atoms with Gasteiger partial charge in [-0.25, -0.2) is 0 Å². The van der Waals surface area contributed by atoms with E-state index in [-0.39, 0.29) is 10.8 Å². The van der Waals surface area contributed by atoms with Crippen LogP contribution >= 0.6 is 23.5 Å². The molecule has 2 nitrogen and oxygen atoms in total. The molecule has 0 saturated heterocycles. The molecule has 0 amide bonds. The predicted molar refractivity (Wildman–Crippen MR) is 288 cm³/mol. The number of hydrogen-bond donors (Lipinski definition) is 0. The van der Waals surface area contributed by atoms with Crippen molar-refractivity contribution in [2.24, 2.45) is 0 Å². The molecule has 0 atom stereocenters. The Morgan fingerprint density at radius 1 is 0.265 bits per heavy atom. The molecular formula is C64H46N2S2. The van der Waals surface area contributed by atoms with Crippen LogP contribution in [-0.2, 0) is 10.8 Å². The first-order chi connectivity index (χ1) is 33.2. The lowest BCUT2D eigenvalue weighted by Gasteiger charge is -2.31. The van der Waals surface area contributed by atoms with E-state index >= 15 is 0 Å². The smallest absolute Gasteiger partial charge is 0.0473 e. The Hall–Kier alpha value is -7.24. The van der Waals surface area contributed by atoms with Gasteiger partial charge in [-0.3, -0.25) is 0 Å². The highest BCUT2D eigenvalue weighted by molar-refractivity contribution is 8.00. The van der Waals surface area contributed by atoms with Crippen LogP contribution in [0, 0.1) is 0 Å². The number of anilines is 6. The third-order valence-electron chi connectivity index (χ3n) is 15.2. The van der Waals surface area contributed by atoms with Crippen LogP contribution < -0.4 is 9.80 Å². The van der Waals surface area contributed by atoms with Crippen molar-refractivity contribution in [2.75, 3.05) is 9.80 Å². The molecule has 0 aromatic heterocycles. The number of hydrogen-bond acceptors (Lipinski definition) is 4. The standard InChI is InChI=1S/C64H46N2S2/c1-63(2)53-21-13-11-19-45(53)47-27-23-41(35-55(47)63)65(39-15-7-5-8-16-39)43-25-29-49-51-31-32-52-50-30-26-44(38-60(50)68-58-34-33-57(61(51)62(52)58)67-59(49)37-43)66(40-17-9-6-10-18-40)42-24-28-48-46-20-12-14-22-54(46)64(3,4)56(48)36-42/h5-38H,1-4H3. The molecule has 10 aromatic carbocycles. The van der Waals surface area contributed by atoms with Crippen molar-refractivity contribution in [3.63, 3.8) is 0 Å². The molecule has 324 valence electrons. The minimum Gasteiger partial charge on any atom is -0.310 e. The molecule has 0 fully saturated rings. The Morgan fingerprint density at radius 2 is 0.603 bits per heavy atom. The van der Waals surface area contributed by atoms with Gasteiger partial charge in [0.25, 0.3) is 0 Å². The van der Waals surface area contributed by atoms with Gasteiger partial charge in [-0.1, -0.05) is 173 Å². The van der Waals surface area contributed by atoms with Crippen LogP contribution in [0.25, 0.3) is 55.3 Å². The van der Waals surface area contributed by atoms with Gasteiger partial charge in [0.15, 0.2) is 0 Å². The molecule has 0 radical (unpaired) electrons. The first-order valence-corrected chi connectivity index (χ1v) is 25.3. The Morgan fingerprint density at radius 3 is 1.03 bits per heavy atom. The van der Waals surface area contributed by atoms with Gasteiger partial charge in [0.1, 0.15) is 0 Å². The van der Waals surface area contributed by atoms with Crippen LogP contribution in [0.5, 0.6) is 0 Å². The molecule has 2 aliphatic heterocycles. The van der Waals surface area contributed by atoms with Gasteiger partial charge in [0.2, 0.25) is 0 Å². The summed E-state index contributed by atoms with van der Waals surface area (Å²) in [5.41, 5.74) is 22.9. The van der Waals surface area contributed by atoms with E-state index < -0.39 is 0 Å². The van der Waals surface area contributed by atoms with E-state index in [1.807, 2.05) is 23.5 Å². The molecule has 4 aliphatic rings. The van der Waals surface area contributed by atoms with Gasteiger partial charge >= 0.3 is 0 Å². The summed E-state index contributed by atoms with van der Waals surface area (Å²) in [5, 5.41) is 2.72. The minimum absolute atomic E-state index is 0.0869. The average Bonchev–Trinajstić information content (AvgIpc) is 3.74. The predicted octanol–water partition coefficient (Wildman–Crippen LogP) is 18.7. The maximum Gasteiger partial charge on any atom is 0.0473 e. The third kappa shape index (κ3) is 5.74. The molecule has 2 aliphatic carbocycles. The van der Waals surface area contributed by atoms with Gasteiger partial charge in [-0.05, 0) is 152 Å². The molecule has 4 heteroatoms. The lowest BCUT2D eigenvalue weighted by Crippen LogP contribution is -2.16. The second-order valence-corrected chi connectivity index (χ2v) is 21.8. The zero-order chi connectivity index (χ0) is 45.5. The number of benzene rings is 10. The molecule has 10 aromatic rings. The third-order valence-corrected chi connectivity index (χ3v) is 17.5. The molecule has 2 heterocycles. The van der Waals surface area contributed by atoms with Crippen LogP contribution in [0.4, 0.5) is 34.1 Å². The van der Waals surface area contributed by atoms with Crippen molar-refractivity contribution in [1.29, 1.82) is 0 Å². The molecule has 0 spiro atoms. The topological polar surface area (TPSA) is 6.48 Å². The monoisotopic (exact) mass is 906 g/mol. The van der Waals surface area contributed by atoms with Crippen LogP contribution in [-0.4, -0.2) is 0 Å². The summed E-state index contributed by atoms with van der Waals surface area (Å²) in [4.78, 5) is 10.0. The van der Waals surface area contributed by atoms with Crippen LogP contribution in [0.1, 0.15) is 49.9 Å². The summed E-state index contributed by atoms with van der Waals surface area (Å²) in [7, 11) is 0. The van der Waals surface area contributed by atoms with Crippen LogP contribution in [0.3, 0.4) is 0 Å². The maximum atomic E-state index is 2.43. The summed E-state index contributed by atoms with van der Waals surface area (Å²) in [6, 6.07) is 77.3. The number of nitrogens with zero attached hydrogens (tertiary/aromatic N) is 2. The largest absolute Gasteiger partial charge is 0.310 e. The first kappa shape index (κ1) is 39.9. The van der Waals surface area contributed by atoms with E-state index in [0.29, 0.717) is 0 Å². The molecule has 0 N–H and O–H groups in total. The van der Waals surface area contributed by atoms with Crippen LogP contribution in [0.2, 0.25) is 0 Å². The molecule has 68 heavy (non-hydrogen) atoms. The summed E-state index contributed by atoms with van der Waals surface area (Å²) in [6.45, 7) is 9.45. The van der Waals surface area contributed by atoms with Gasteiger partial charge in [0.05, 0.1) is 0 Å². The lowest BCUT2D eigenvalue weighted by atomic mass is 9.82. The van der Waals surface area contributed by atoms with Crippen molar-refractivity contribution in [1.82, 2.24) is 0 Å². The van der Waals surface area contributed by atoms with Gasteiger partial charge in [-0.15, -0.1) is 0 Å². The van der Waals surface area contributed by atoms with Crippen molar-refractivity contribution >= 4 is 68.4 Å². The lowest BCUT2D eigenvalue weighted by molar-refractivity contribution is 0.660. The van der Waals surface area contributed by atoms with E-state index in [2.05, 4.69) is 244 Å². The summed E-state index contributed by atoms with van der Waals surface area (Å²) < 4.78 is 0. The highest BCUT2D eigenvalue weighted by atomic mass is 32.2. The summed E-state index contributed by atoms with van der Waals surface area (Å²) in [5.74, 6) is 0. The van der Waals surface area contributed by atoms with E-state index in [1.54, 1.807) is 0 Å². The average molecular weight is 907 g/mol. The highest BCUT2D eigenvalue weighted by Gasteiger charge is 2.38. The minimum atomic E-state index is -0.0869. The molecule has 0 saturated carbocycles. The van der Waals surface area contributed by atoms with Crippen molar-refractivity contribution in [2.45, 2.75) is 58.1 Å². The molecular weight excluding hydrogens is 861 g/mol. The normalized spacial score (nSPS) is 14.6. The Labute approximate surface area is 407 Å². The van der Waals surface area contributed by atoms with E-state index in [0.717, 1.165) is 22.7 Å². The zero-order valence-electron chi connectivity index (χ0n) is 38.3. The second-order valence-electron chi connectivity index (χ2n) is 19.7. The Balaban J connectivity index is 0.844. The zero-order valence-corrected chi connectivity index (χ0v) is 40.0. The second kappa shape index (κ2) is 14.6.